The zero-order chi connectivity index (χ0) is 52.2. The molecule has 2 N–H and O–H groups in total. The van der Waals surface area contributed by atoms with E-state index in [1.54, 1.807) is 0 Å². The standard InChI is InChI=1S/C61H109N2O7P/c1-7-10-13-16-19-22-25-27-28-29-30-31-32-33-34-36-39-41-44-47-50-53-60(64)62-58(57-69-71(66,67)68-56-55-63(4,5)6)59(52-49-46-43-40-38-35-26-23-20-17-14-11-8-2)70-61(65)54-51-48-45-42-37-24-21-18-15-12-9-3/h10,13,18-19,21-22,27-28,30-31,33-34,49,52,58-59H,7-9,11-12,14-17,20,23-26,29,32,35-48,50-51,53-57H2,1-6H3,(H-,62,64,66,67)/p+1/b13-10-,21-18-,22-19-,28-27-,31-30-,34-33-,52-49+. The van der Waals surface area contributed by atoms with Gasteiger partial charge in [-0.05, 0) is 96.0 Å². The van der Waals surface area contributed by atoms with E-state index in [0.29, 0.717) is 17.4 Å². The minimum atomic E-state index is -4.45. The maximum absolute atomic E-state index is 13.5. The van der Waals surface area contributed by atoms with Crippen LogP contribution in [0.3, 0.4) is 0 Å². The van der Waals surface area contributed by atoms with E-state index in [9.17, 15) is 19.0 Å². The number of phosphoric ester groups is 1. The topological polar surface area (TPSA) is 111 Å². The van der Waals surface area contributed by atoms with E-state index in [1.807, 2.05) is 33.3 Å². The molecule has 0 aromatic rings. The Morgan fingerprint density at radius 1 is 0.507 bits per heavy atom. The number of hydrogen-bond donors (Lipinski definition) is 2. The van der Waals surface area contributed by atoms with Crippen molar-refractivity contribution in [1.29, 1.82) is 0 Å². The second-order valence-electron chi connectivity index (χ2n) is 20.4. The molecule has 10 heteroatoms. The number of esters is 1. The number of unbranched alkanes of at least 4 members (excludes halogenated alkanes) is 23. The first-order valence-electron chi connectivity index (χ1n) is 28.9. The molecule has 0 spiro atoms. The Hall–Kier alpha value is -2.81. The molecule has 0 saturated carbocycles. The largest absolute Gasteiger partial charge is 0.472 e. The van der Waals surface area contributed by atoms with Gasteiger partial charge in [0.25, 0.3) is 0 Å². The van der Waals surface area contributed by atoms with E-state index in [1.165, 1.54) is 70.6 Å². The average Bonchev–Trinajstić information content (AvgIpc) is 3.33. The van der Waals surface area contributed by atoms with Crippen LogP contribution < -0.4 is 5.32 Å². The van der Waals surface area contributed by atoms with Gasteiger partial charge in [-0.3, -0.25) is 18.6 Å². The molecule has 0 fully saturated rings. The Balaban J connectivity index is 5.34. The number of nitrogens with one attached hydrogen (secondary N) is 1. The Morgan fingerprint density at radius 3 is 1.41 bits per heavy atom. The van der Waals surface area contributed by atoms with Crippen molar-refractivity contribution in [3.63, 3.8) is 0 Å². The molecule has 1 amide bonds. The van der Waals surface area contributed by atoms with Gasteiger partial charge >= 0.3 is 13.8 Å². The molecule has 0 heterocycles. The lowest BCUT2D eigenvalue weighted by atomic mass is 10.0. The molecular formula is C61H110N2O7P+. The lowest BCUT2D eigenvalue weighted by Crippen LogP contribution is -2.47. The summed E-state index contributed by atoms with van der Waals surface area (Å²) in [6, 6.07) is -0.864. The van der Waals surface area contributed by atoms with Crippen LogP contribution in [0.4, 0.5) is 0 Å². The fourth-order valence-electron chi connectivity index (χ4n) is 7.83. The average molecular weight is 1010 g/mol. The van der Waals surface area contributed by atoms with Crippen LogP contribution in [0.2, 0.25) is 0 Å². The Labute approximate surface area is 437 Å². The molecule has 0 aliphatic rings. The van der Waals surface area contributed by atoms with E-state index in [-0.39, 0.29) is 31.5 Å². The van der Waals surface area contributed by atoms with Crippen molar-refractivity contribution in [2.45, 2.75) is 251 Å². The highest BCUT2D eigenvalue weighted by Crippen LogP contribution is 2.43. The van der Waals surface area contributed by atoms with Gasteiger partial charge in [-0.2, -0.15) is 0 Å². The number of rotatable bonds is 51. The van der Waals surface area contributed by atoms with Crippen LogP contribution in [0.1, 0.15) is 239 Å². The van der Waals surface area contributed by atoms with Crippen molar-refractivity contribution < 1.29 is 37.3 Å². The van der Waals surface area contributed by atoms with Gasteiger partial charge in [-0.1, -0.05) is 215 Å². The maximum atomic E-state index is 13.5. The summed E-state index contributed by atoms with van der Waals surface area (Å²) in [4.78, 5) is 37.6. The summed E-state index contributed by atoms with van der Waals surface area (Å²) in [5.41, 5.74) is 0. The van der Waals surface area contributed by atoms with Crippen molar-refractivity contribution in [3.8, 4) is 0 Å². The highest BCUT2D eigenvalue weighted by Gasteiger charge is 2.30. The highest BCUT2D eigenvalue weighted by molar-refractivity contribution is 7.47. The Kier molecular flexibility index (Phi) is 48.7. The van der Waals surface area contributed by atoms with Crippen LogP contribution in [-0.4, -0.2) is 74.3 Å². The molecule has 71 heavy (non-hydrogen) atoms. The van der Waals surface area contributed by atoms with Crippen LogP contribution >= 0.6 is 7.82 Å². The number of quaternary nitrogens is 1. The lowest BCUT2D eigenvalue weighted by Gasteiger charge is -2.27. The van der Waals surface area contributed by atoms with Crippen molar-refractivity contribution in [2.75, 3.05) is 40.9 Å². The molecule has 0 aliphatic heterocycles. The molecule has 3 atom stereocenters. The number of amides is 1. The van der Waals surface area contributed by atoms with Crippen LogP contribution in [0.5, 0.6) is 0 Å². The van der Waals surface area contributed by atoms with Gasteiger partial charge in [0.1, 0.15) is 19.3 Å². The summed E-state index contributed by atoms with van der Waals surface area (Å²) in [5, 5.41) is 3.03. The minimum absolute atomic E-state index is 0.0313. The summed E-state index contributed by atoms with van der Waals surface area (Å²) in [6.07, 6.45) is 65.8. The highest BCUT2D eigenvalue weighted by atomic mass is 31.2. The monoisotopic (exact) mass is 1010 g/mol. The SMILES string of the molecule is CC/C=C\C/C=C\C/C=C\C/C=C\C/C=C\CCCCCCCC(=O)NC(COP(=O)(O)OCC[N+](C)(C)C)C(/C=C/CCCCCCCCCCCCC)OC(=O)CCCCCCC/C=C\CCCC. The van der Waals surface area contributed by atoms with E-state index < -0.39 is 20.0 Å². The molecule has 9 nitrogen and oxygen atoms in total. The first-order valence-corrected chi connectivity index (χ1v) is 30.4. The Morgan fingerprint density at radius 2 is 0.915 bits per heavy atom. The molecule has 0 rings (SSSR count). The van der Waals surface area contributed by atoms with Crippen LogP contribution in [0, 0.1) is 0 Å². The first-order chi connectivity index (χ1) is 34.4. The number of phosphoric acid groups is 1. The predicted molar refractivity (Wildman–Crippen MR) is 304 cm³/mol. The molecule has 0 bridgehead atoms. The van der Waals surface area contributed by atoms with E-state index in [0.717, 1.165) is 135 Å². The fraction of sp³-hybridized carbons (Fsp3) is 0.738. The second kappa shape index (κ2) is 50.7. The van der Waals surface area contributed by atoms with Gasteiger partial charge in [-0.25, -0.2) is 4.57 Å². The smallest absolute Gasteiger partial charge is 0.456 e. The van der Waals surface area contributed by atoms with Gasteiger partial charge in [0.05, 0.1) is 33.8 Å². The van der Waals surface area contributed by atoms with E-state index in [2.05, 4.69) is 99.0 Å². The molecule has 0 aliphatic carbocycles. The van der Waals surface area contributed by atoms with Gasteiger partial charge in [-0.15, -0.1) is 0 Å². The normalized spacial score (nSPS) is 14.4. The van der Waals surface area contributed by atoms with Crippen LogP contribution in [0.15, 0.2) is 85.1 Å². The summed E-state index contributed by atoms with van der Waals surface area (Å²) in [7, 11) is 1.47. The van der Waals surface area contributed by atoms with E-state index in [4.69, 9.17) is 13.8 Å². The third kappa shape index (κ3) is 51.9. The van der Waals surface area contributed by atoms with Gasteiger partial charge in [0, 0.05) is 12.8 Å². The molecule has 0 aromatic carbocycles. The summed E-state index contributed by atoms with van der Waals surface area (Å²) in [5.74, 6) is -0.542. The predicted octanol–water partition coefficient (Wildman–Crippen LogP) is 17.4. The van der Waals surface area contributed by atoms with Gasteiger partial charge < -0.3 is 19.4 Å². The second-order valence-corrected chi connectivity index (χ2v) is 21.9. The number of likely N-dealkylation sites (N-methyl/N-ethyl adjacent to an activating group) is 1. The molecule has 410 valence electrons. The number of allylic oxidation sites excluding steroid dienone is 13. The van der Waals surface area contributed by atoms with Crippen LogP contribution in [0.25, 0.3) is 0 Å². The summed E-state index contributed by atoms with van der Waals surface area (Å²) in [6.45, 7) is 6.83. The van der Waals surface area contributed by atoms with Crippen molar-refractivity contribution in [3.05, 3.63) is 85.1 Å². The summed E-state index contributed by atoms with van der Waals surface area (Å²) < 4.78 is 30.6. The van der Waals surface area contributed by atoms with E-state index >= 15 is 0 Å². The lowest BCUT2D eigenvalue weighted by molar-refractivity contribution is -0.870. The van der Waals surface area contributed by atoms with Crippen molar-refractivity contribution in [2.24, 2.45) is 0 Å². The molecule has 0 saturated heterocycles. The molecular weight excluding hydrogens is 904 g/mol. The van der Waals surface area contributed by atoms with Gasteiger partial charge in [0.2, 0.25) is 5.91 Å². The van der Waals surface area contributed by atoms with Crippen molar-refractivity contribution in [1.82, 2.24) is 5.32 Å². The minimum Gasteiger partial charge on any atom is -0.456 e. The fourth-order valence-corrected chi connectivity index (χ4v) is 8.56. The third-order valence-corrected chi connectivity index (χ3v) is 13.3. The van der Waals surface area contributed by atoms with Gasteiger partial charge in [0.15, 0.2) is 0 Å². The zero-order valence-electron chi connectivity index (χ0n) is 46.7. The number of nitrogens with zero attached hydrogens (tertiary/aromatic N) is 1. The number of carbonyl (C=O) groups excluding carboxylic acids is 2. The quantitative estimate of drug-likeness (QED) is 0.0205. The summed E-state index contributed by atoms with van der Waals surface area (Å²) >= 11 is 0. The molecule has 0 aromatic heterocycles. The third-order valence-electron chi connectivity index (χ3n) is 12.3. The molecule has 0 radical (unpaired) electrons. The maximum Gasteiger partial charge on any atom is 0.472 e. The van der Waals surface area contributed by atoms with Crippen molar-refractivity contribution >= 4 is 19.7 Å². The zero-order valence-corrected chi connectivity index (χ0v) is 47.6. The first kappa shape index (κ1) is 68.2. The number of carbonyl (C=O) groups is 2. The number of hydrogen-bond acceptors (Lipinski definition) is 6. The molecule has 3 unspecified atom stereocenters. The number of ether oxygens (including phenoxy) is 1. The van der Waals surface area contributed by atoms with Crippen LogP contribution in [-0.2, 0) is 27.9 Å². The Bertz CT molecular complexity index is 1490.